The maximum atomic E-state index is 12.8. The van der Waals surface area contributed by atoms with E-state index >= 15 is 0 Å². The Kier molecular flexibility index (Phi) is 7.91. The standard InChI is InChI=1S/C26H27NO6/c1-5-27(21-12-8-10-18-9-6-7-11-20(18)21)25(28)17-33-26(29)14-13-19-15-23(31-3)24(32-4)16-22(19)30-2/h6-16H,5,17H2,1-4H3/b14-13+. The van der Waals surface area contributed by atoms with Gasteiger partial charge in [0, 0.05) is 29.6 Å². The van der Waals surface area contributed by atoms with Gasteiger partial charge in [0.15, 0.2) is 18.1 Å². The summed E-state index contributed by atoms with van der Waals surface area (Å²) in [4.78, 5) is 26.7. The maximum Gasteiger partial charge on any atom is 0.331 e. The molecule has 0 saturated heterocycles. The zero-order chi connectivity index (χ0) is 23.8. The molecule has 33 heavy (non-hydrogen) atoms. The highest BCUT2D eigenvalue weighted by atomic mass is 16.5. The summed E-state index contributed by atoms with van der Waals surface area (Å²) in [6, 6.07) is 17.0. The second kappa shape index (κ2) is 11.0. The number of fused-ring (bicyclic) bond motifs is 1. The van der Waals surface area contributed by atoms with Crippen molar-refractivity contribution in [3.63, 3.8) is 0 Å². The molecule has 0 heterocycles. The number of hydrogen-bond acceptors (Lipinski definition) is 6. The van der Waals surface area contributed by atoms with Crippen LogP contribution in [-0.4, -0.2) is 46.4 Å². The fourth-order valence-corrected chi connectivity index (χ4v) is 3.52. The van der Waals surface area contributed by atoms with Crippen LogP contribution in [0.15, 0.2) is 60.7 Å². The summed E-state index contributed by atoms with van der Waals surface area (Å²) in [7, 11) is 4.56. The van der Waals surface area contributed by atoms with E-state index in [2.05, 4.69) is 0 Å². The molecule has 0 aliphatic carbocycles. The van der Waals surface area contributed by atoms with Crippen LogP contribution in [0, 0.1) is 0 Å². The van der Waals surface area contributed by atoms with E-state index in [0.717, 1.165) is 16.5 Å². The van der Waals surface area contributed by atoms with E-state index in [-0.39, 0.29) is 12.5 Å². The first-order chi connectivity index (χ1) is 16.0. The Morgan fingerprint density at radius 1 is 0.879 bits per heavy atom. The van der Waals surface area contributed by atoms with Gasteiger partial charge in [-0.3, -0.25) is 4.79 Å². The molecule has 172 valence electrons. The summed E-state index contributed by atoms with van der Waals surface area (Å²) in [6.07, 6.45) is 2.78. The number of hydrogen-bond donors (Lipinski definition) is 0. The molecular weight excluding hydrogens is 422 g/mol. The van der Waals surface area contributed by atoms with Crippen molar-refractivity contribution in [2.24, 2.45) is 0 Å². The van der Waals surface area contributed by atoms with Crippen molar-refractivity contribution in [2.75, 3.05) is 39.4 Å². The van der Waals surface area contributed by atoms with Gasteiger partial charge in [0.05, 0.1) is 27.0 Å². The summed E-state index contributed by atoms with van der Waals surface area (Å²) in [5.74, 6) is 0.553. The quantitative estimate of drug-likeness (QED) is 0.354. The molecule has 3 aromatic carbocycles. The minimum Gasteiger partial charge on any atom is -0.496 e. The first-order valence-electron chi connectivity index (χ1n) is 10.4. The second-order valence-electron chi connectivity index (χ2n) is 7.03. The molecule has 0 radical (unpaired) electrons. The van der Waals surface area contributed by atoms with Crippen molar-refractivity contribution >= 4 is 34.4 Å². The van der Waals surface area contributed by atoms with Gasteiger partial charge in [0.1, 0.15) is 5.75 Å². The van der Waals surface area contributed by atoms with E-state index in [9.17, 15) is 9.59 Å². The van der Waals surface area contributed by atoms with Crippen LogP contribution in [0.2, 0.25) is 0 Å². The number of methoxy groups -OCH3 is 3. The highest BCUT2D eigenvalue weighted by molar-refractivity contribution is 6.04. The molecule has 7 nitrogen and oxygen atoms in total. The molecule has 0 N–H and O–H groups in total. The van der Waals surface area contributed by atoms with Crippen LogP contribution >= 0.6 is 0 Å². The van der Waals surface area contributed by atoms with Crippen LogP contribution in [0.3, 0.4) is 0 Å². The molecule has 0 aliphatic heterocycles. The first-order valence-corrected chi connectivity index (χ1v) is 10.4. The maximum absolute atomic E-state index is 12.8. The van der Waals surface area contributed by atoms with E-state index in [1.807, 2.05) is 49.4 Å². The summed E-state index contributed by atoms with van der Waals surface area (Å²) >= 11 is 0. The third-order valence-electron chi connectivity index (χ3n) is 5.15. The van der Waals surface area contributed by atoms with Crippen LogP contribution < -0.4 is 19.1 Å². The average molecular weight is 450 g/mol. The Hall–Kier alpha value is -4.00. The monoisotopic (exact) mass is 449 g/mol. The lowest BCUT2D eigenvalue weighted by Gasteiger charge is -2.22. The SMILES string of the molecule is CCN(C(=O)COC(=O)/C=C/c1cc(OC)c(OC)cc1OC)c1cccc2ccccc12. The van der Waals surface area contributed by atoms with Gasteiger partial charge in [-0.05, 0) is 30.5 Å². The molecule has 0 atom stereocenters. The Bertz CT molecular complexity index is 1170. The van der Waals surface area contributed by atoms with Crippen LogP contribution in [0.4, 0.5) is 5.69 Å². The Morgan fingerprint density at radius 2 is 1.55 bits per heavy atom. The smallest absolute Gasteiger partial charge is 0.331 e. The lowest BCUT2D eigenvalue weighted by Crippen LogP contribution is -2.34. The van der Waals surface area contributed by atoms with E-state index in [1.54, 1.807) is 17.0 Å². The van der Waals surface area contributed by atoms with Gasteiger partial charge in [-0.1, -0.05) is 36.4 Å². The number of likely N-dealkylation sites (N-methyl/N-ethyl adjacent to an activating group) is 1. The molecule has 0 saturated carbocycles. The number of carbonyl (C=O) groups is 2. The van der Waals surface area contributed by atoms with E-state index in [1.165, 1.54) is 33.5 Å². The second-order valence-corrected chi connectivity index (χ2v) is 7.03. The number of esters is 1. The number of rotatable bonds is 9. The van der Waals surface area contributed by atoms with Gasteiger partial charge in [-0.25, -0.2) is 4.79 Å². The van der Waals surface area contributed by atoms with Gasteiger partial charge in [0.2, 0.25) is 0 Å². The first kappa shape index (κ1) is 23.7. The molecule has 1 amide bonds. The molecule has 0 unspecified atom stereocenters. The van der Waals surface area contributed by atoms with Crippen molar-refractivity contribution < 1.29 is 28.5 Å². The van der Waals surface area contributed by atoms with Crippen LogP contribution in [0.5, 0.6) is 17.2 Å². The van der Waals surface area contributed by atoms with E-state index in [0.29, 0.717) is 29.4 Å². The van der Waals surface area contributed by atoms with Crippen molar-refractivity contribution in [1.29, 1.82) is 0 Å². The zero-order valence-electron chi connectivity index (χ0n) is 19.2. The third kappa shape index (κ3) is 5.44. The molecule has 7 heteroatoms. The normalized spacial score (nSPS) is 10.8. The summed E-state index contributed by atoms with van der Waals surface area (Å²) < 4.78 is 21.1. The highest BCUT2D eigenvalue weighted by Gasteiger charge is 2.18. The Morgan fingerprint density at radius 3 is 2.24 bits per heavy atom. The minimum absolute atomic E-state index is 0.306. The summed E-state index contributed by atoms with van der Waals surface area (Å²) in [6.45, 7) is 1.96. The predicted octanol–water partition coefficient (Wildman–Crippen LogP) is 4.48. The molecule has 3 rings (SSSR count). The number of amides is 1. The number of nitrogens with zero attached hydrogens (tertiary/aromatic N) is 1. The summed E-state index contributed by atoms with van der Waals surface area (Å²) in [5, 5.41) is 1.99. The molecular formula is C26H27NO6. The largest absolute Gasteiger partial charge is 0.496 e. The third-order valence-corrected chi connectivity index (χ3v) is 5.15. The van der Waals surface area contributed by atoms with Crippen molar-refractivity contribution in [3.8, 4) is 17.2 Å². The molecule has 0 aromatic heterocycles. The van der Waals surface area contributed by atoms with Crippen molar-refractivity contribution in [1.82, 2.24) is 0 Å². The topological polar surface area (TPSA) is 74.3 Å². The highest BCUT2D eigenvalue weighted by Crippen LogP contribution is 2.35. The zero-order valence-corrected chi connectivity index (χ0v) is 19.2. The molecule has 0 fully saturated rings. The molecule has 3 aromatic rings. The van der Waals surface area contributed by atoms with Crippen LogP contribution in [0.25, 0.3) is 16.8 Å². The molecule has 0 spiro atoms. The van der Waals surface area contributed by atoms with Crippen molar-refractivity contribution in [2.45, 2.75) is 6.92 Å². The van der Waals surface area contributed by atoms with E-state index in [4.69, 9.17) is 18.9 Å². The van der Waals surface area contributed by atoms with Crippen LogP contribution in [0.1, 0.15) is 12.5 Å². The van der Waals surface area contributed by atoms with Gasteiger partial charge in [-0.2, -0.15) is 0 Å². The van der Waals surface area contributed by atoms with Gasteiger partial charge in [0.25, 0.3) is 5.91 Å². The average Bonchev–Trinajstić information content (AvgIpc) is 2.86. The van der Waals surface area contributed by atoms with Gasteiger partial charge >= 0.3 is 5.97 Å². The number of benzene rings is 3. The van der Waals surface area contributed by atoms with Crippen molar-refractivity contribution in [3.05, 3.63) is 66.2 Å². The Labute approximate surface area is 193 Å². The minimum atomic E-state index is -0.644. The van der Waals surface area contributed by atoms with E-state index < -0.39 is 5.97 Å². The molecule has 0 bridgehead atoms. The predicted molar refractivity (Wildman–Crippen MR) is 128 cm³/mol. The lowest BCUT2D eigenvalue weighted by molar-refractivity contribution is -0.142. The molecule has 0 aliphatic rings. The lowest BCUT2D eigenvalue weighted by atomic mass is 10.1. The fourth-order valence-electron chi connectivity index (χ4n) is 3.52. The van der Waals surface area contributed by atoms with Gasteiger partial charge < -0.3 is 23.8 Å². The number of ether oxygens (including phenoxy) is 4. The number of carbonyl (C=O) groups excluding carboxylic acids is 2. The Balaban J connectivity index is 1.70. The number of anilines is 1. The fraction of sp³-hybridized carbons (Fsp3) is 0.231. The van der Waals surface area contributed by atoms with Crippen LogP contribution in [-0.2, 0) is 14.3 Å². The summed E-state index contributed by atoms with van der Waals surface area (Å²) in [5.41, 5.74) is 1.38. The van der Waals surface area contributed by atoms with Gasteiger partial charge in [-0.15, -0.1) is 0 Å².